The van der Waals surface area contributed by atoms with Gasteiger partial charge in [0.05, 0.1) is 17.4 Å². The van der Waals surface area contributed by atoms with Crippen molar-refractivity contribution >= 4 is 17.3 Å². The fraction of sp³-hybridized carbons (Fsp3) is 0.588. The number of benzene rings is 1. The molecule has 0 unspecified atom stereocenters. The van der Waals surface area contributed by atoms with Crippen molar-refractivity contribution in [3.8, 4) is 6.07 Å². The highest BCUT2D eigenvalue weighted by Gasteiger charge is 2.47. The lowest BCUT2D eigenvalue weighted by Crippen LogP contribution is -2.40. The second kappa shape index (κ2) is 6.45. The largest absolute Gasteiger partial charge is 0.392 e. The Labute approximate surface area is 136 Å². The summed E-state index contributed by atoms with van der Waals surface area (Å²) in [6.45, 7) is 2.19. The van der Waals surface area contributed by atoms with Crippen molar-refractivity contribution in [2.24, 2.45) is 11.3 Å². The van der Waals surface area contributed by atoms with E-state index < -0.39 is 0 Å². The molecule has 2 atom stereocenters. The zero-order chi connectivity index (χ0) is 15.6. The monoisotopic (exact) mass is 320 g/mol. The second-order valence-electron chi connectivity index (χ2n) is 6.40. The Hall–Kier alpha value is -1.28. The second-order valence-corrected chi connectivity index (χ2v) is 6.84. The van der Waals surface area contributed by atoms with Crippen LogP contribution in [0.1, 0.15) is 31.2 Å². The number of halogens is 1. The molecule has 0 radical (unpaired) electrons. The fourth-order valence-corrected chi connectivity index (χ4v) is 3.99. The van der Waals surface area contributed by atoms with Gasteiger partial charge in [-0.2, -0.15) is 5.26 Å². The summed E-state index contributed by atoms with van der Waals surface area (Å²) in [5.74, 6) is 0.223. The van der Waals surface area contributed by atoms with E-state index >= 15 is 0 Å². The molecule has 5 heteroatoms. The maximum atomic E-state index is 10.7. The highest BCUT2D eigenvalue weighted by molar-refractivity contribution is 6.30. The van der Waals surface area contributed by atoms with Crippen LogP contribution in [0.2, 0.25) is 5.02 Å². The maximum absolute atomic E-state index is 10.7. The molecule has 4 nitrogen and oxygen atoms in total. The minimum absolute atomic E-state index is 0.0443. The van der Waals surface area contributed by atoms with Gasteiger partial charge >= 0.3 is 0 Å². The molecule has 0 amide bonds. The Morgan fingerprint density at radius 2 is 2.14 bits per heavy atom. The Bertz CT molecular complexity index is 579. The normalized spacial score (nSPS) is 26.8. The molecule has 118 valence electrons. The van der Waals surface area contributed by atoms with E-state index in [1.807, 2.05) is 6.07 Å². The predicted octanol–water partition coefficient (Wildman–Crippen LogP) is 3.19. The number of nitrogens with zero attached hydrogens (tertiary/aromatic N) is 1. The number of nitriles is 1. The van der Waals surface area contributed by atoms with Crippen molar-refractivity contribution in [1.82, 2.24) is 0 Å². The first-order valence-electron chi connectivity index (χ1n) is 7.84. The highest BCUT2D eigenvalue weighted by atomic mass is 35.5. The van der Waals surface area contributed by atoms with Crippen LogP contribution in [0.25, 0.3) is 0 Å². The van der Waals surface area contributed by atoms with Crippen LogP contribution in [0, 0.1) is 22.7 Å². The van der Waals surface area contributed by atoms with Gasteiger partial charge in [0.15, 0.2) is 0 Å². The summed E-state index contributed by atoms with van der Waals surface area (Å²) in [6, 6.07) is 7.41. The van der Waals surface area contributed by atoms with Gasteiger partial charge < -0.3 is 15.2 Å². The van der Waals surface area contributed by atoms with Gasteiger partial charge in [-0.3, -0.25) is 0 Å². The minimum atomic E-state index is -0.290. The molecule has 1 saturated heterocycles. The number of aliphatic hydroxyl groups is 1. The molecule has 1 aliphatic carbocycles. The van der Waals surface area contributed by atoms with Crippen LogP contribution in [0.3, 0.4) is 0 Å². The maximum Gasteiger partial charge on any atom is 0.101 e. The van der Waals surface area contributed by atoms with Gasteiger partial charge in [-0.25, -0.2) is 0 Å². The molecule has 2 aliphatic rings. The molecule has 1 aromatic carbocycles. The van der Waals surface area contributed by atoms with E-state index in [2.05, 4.69) is 11.4 Å². The number of hydrogen-bond donors (Lipinski definition) is 2. The molecule has 22 heavy (non-hydrogen) atoms. The summed E-state index contributed by atoms with van der Waals surface area (Å²) in [7, 11) is 0. The SMILES string of the molecule is N#Cc1cc(Cl)ccc1NC[C@@H]1CCC2(CCOCC2)[C@@H]1O. The van der Waals surface area contributed by atoms with Crippen molar-refractivity contribution in [2.45, 2.75) is 31.8 Å². The molecule has 2 N–H and O–H groups in total. The smallest absolute Gasteiger partial charge is 0.101 e. The predicted molar refractivity (Wildman–Crippen MR) is 85.9 cm³/mol. The third-order valence-corrected chi connectivity index (χ3v) is 5.47. The van der Waals surface area contributed by atoms with Gasteiger partial charge in [-0.1, -0.05) is 11.6 Å². The molecule has 3 rings (SSSR count). The summed E-state index contributed by atoms with van der Waals surface area (Å²) in [5, 5.41) is 23.8. The Morgan fingerprint density at radius 1 is 1.36 bits per heavy atom. The van der Waals surface area contributed by atoms with Crippen molar-refractivity contribution in [3.63, 3.8) is 0 Å². The zero-order valence-electron chi connectivity index (χ0n) is 12.5. The third kappa shape index (κ3) is 2.94. The first-order chi connectivity index (χ1) is 10.6. The molecular weight excluding hydrogens is 300 g/mol. The summed E-state index contributed by atoms with van der Waals surface area (Å²) < 4.78 is 5.44. The van der Waals surface area contributed by atoms with Gasteiger partial charge in [0.2, 0.25) is 0 Å². The van der Waals surface area contributed by atoms with Gasteiger partial charge in [0, 0.05) is 36.1 Å². The van der Waals surface area contributed by atoms with Crippen LogP contribution < -0.4 is 5.32 Å². The van der Waals surface area contributed by atoms with Crippen LogP contribution in [-0.4, -0.2) is 31.0 Å². The Kier molecular flexibility index (Phi) is 4.58. The molecule has 1 aliphatic heterocycles. The third-order valence-electron chi connectivity index (χ3n) is 5.23. The van der Waals surface area contributed by atoms with Crippen molar-refractivity contribution in [3.05, 3.63) is 28.8 Å². The number of aliphatic hydroxyl groups excluding tert-OH is 1. The van der Waals surface area contributed by atoms with Crippen LogP contribution >= 0.6 is 11.6 Å². The molecule has 1 spiro atoms. The first kappa shape index (κ1) is 15.6. The van der Waals surface area contributed by atoms with E-state index in [1.54, 1.807) is 12.1 Å². The van der Waals surface area contributed by atoms with E-state index in [0.29, 0.717) is 17.1 Å². The lowest BCUT2D eigenvalue weighted by Gasteiger charge is -2.37. The lowest BCUT2D eigenvalue weighted by atomic mass is 9.76. The molecule has 1 saturated carbocycles. The average Bonchev–Trinajstić information content (AvgIpc) is 2.83. The van der Waals surface area contributed by atoms with Gasteiger partial charge in [0.25, 0.3) is 0 Å². The summed E-state index contributed by atoms with van der Waals surface area (Å²) in [5.41, 5.74) is 1.37. The summed E-state index contributed by atoms with van der Waals surface area (Å²) in [6.07, 6.45) is 3.70. The molecule has 2 fully saturated rings. The van der Waals surface area contributed by atoms with Gasteiger partial charge in [0.1, 0.15) is 6.07 Å². The highest BCUT2D eigenvalue weighted by Crippen LogP contribution is 2.48. The Balaban J connectivity index is 1.64. The molecule has 0 aromatic heterocycles. The van der Waals surface area contributed by atoms with E-state index in [-0.39, 0.29) is 17.4 Å². The average molecular weight is 321 g/mol. The Morgan fingerprint density at radius 3 is 2.86 bits per heavy atom. The van der Waals surface area contributed by atoms with Crippen LogP contribution in [0.15, 0.2) is 18.2 Å². The van der Waals surface area contributed by atoms with E-state index in [9.17, 15) is 10.4 Å². The van der Waals surface area contributed by atoms with Crippen molar-refractivity contribution < 1.29 is 9.84 Å². The van der Waals surface area contributed by atoms with Crippen molar-refractivity contribution in [2.75, 3.05) is 25.1 Å². The fourth-order valence-electron chi connectivity index (χ4n) is 3.82. The van der Waals surface area contributed by atoms with Gasteiger partial charge in [-0.05, 0) is 43.9 Å². The zero-order valence-corrected chi connectivity index (χ0v) is 13.3. The van der Waals surface area contributed by atoms with Crippen LogP contribution in [-0.2, 0) is 4.74 Å². The minimum Gasteiger partial charge on any atom is -0.392 e. The first-order valence-corrected chi connectivity index (χ1v) is 8.22. The van der Waals surface area contributed by atoms with Gasteiger partial charge in [-0.15, -0.1) is 0 Å². The van der Waals surface area contributed by atoms with Crippen LogP contribution in [0.4, 0.5) is 5.69 Å². The molecular formula is C17H21ClN2O2. The molecule has 0 bridgehead atoms. The number of rotatable bonds is 3. The van der Waals surface area contributed by atoms with Crippen molar-refractivity contribution in [1.29, 1.82) is 5.26 Å². The van der Waals surface area contributed by atoms with E-state index in [4.69, 9.17) is 16.3 Å². The standard InChI is InChI=1S/C17H21ClN2O2/c18-14-1-2-15(13(9-14)10-19)20-11-12-3-4-17(16(12)21)5-7-22-8-6-17/h1-2,9,12,16,20-21H,3-8,11H2/t12-,16+/m0/s1. The number of nitrogens with one attached hydrogen (secondary N) is 1. The summed E-state index contributed by atoms with van der Waals surface area (Å²) >= 11 is 5.91. The van der Waals surface area contributed by atoms with Crippen LogP contribution in [0.5, 0.6) is 0 Å². The topological polar surface area (TPSA) is 65.3 Å². The van der Waals surface area contributed by atoms with E-state index in [0.717, 1.165) is 44.6 Å². The summed E-state index contributed by atoms with van der Waals surface area (Å²) in [4.78, 5) is 0. The number of anilines is 1. The molecule has 1 heterocycles. The quantitative estimate of drug-likeness (QED) is 0.897. The number of ether oxygens (including phenoxy) is 1. The molecule has 1 aromatic rings. The lowest BCUT2D eigenvalue weighted by molar-refractivity contribution is -0.0545. The number of hydrogen-bond acceptors (Lipinski definition) is 4. The van der Waals surface area contributed by atoms with E-state index in [1.165, 1.54) is 0 Å².